The summed E-state index contributed by atoms with van der Waals surface area (Å²) < 4.78 is 12.6. The molecule has 2 fully saturated rings. The lowest BCUT2D eigenvalue weighted by atomic mass is 10.2. The maximum absolute atomic E-state index is 5.91. The average molecular weight is 340 g/mol. The van der Waals surface area contributed by atoms with Gasteiger partial charge in [-0.05, 0) is 38.3 Å². The van der Waals surface area contributed by atoms with Crippen molar-refractivity contribution in [2.24, 2.45) is 0 Å². The zero-order valence-corrected chi connectivity index (χ0v) is 13.6. The van der Waals surface area contributed by atoms with Crippen molar-refractivity contribution in [3.05, 3.63) is 28.2 Å². The van der Waals surface area contributed by atoms with Gasteiger partial charge in [0.1, 0.15) is 5.75 Å². The molecule has 2 atom stereocenters. The Hall–Kier alpha value is -0.580. The number of halogens is 1. The molecule has 2 heterocycles. The molecule has 3 rings (SSSR count). The Morgan fingerprint density at radius 1 is 1.30 bits per heavy atom. The van der Waals surface area contributed by atoms with Gasteiger partial charge in [-0.3, -0.25) is 4.90 Å². The Kier molecular flexibility index (Phi) is 4.64. The summed E-state index contributed by atoms with van der Waals surface area (Å²) in [5.74, 6) is 0.990. The van der Waals surface area contributed by atoms with Gasteiger partial charge in [0.2, 0.25) is 0 Å². The number of morpholine rings is 1. The second-order valence-electron chi connectivity index (χ2n) is 5.73. The molecule has 2 aliphatic rings. The molecule has 2 aliphatic heterocycles. The van der Waals surface area contributed by atoms with Crippen LogP contribution >= 0.6 is 15.9 Å². The molecule has 0 aromatic heterocycles. The van der Waals surface area contributed by atoms with Gasteiger partial charge >= 0.3 is 0 Å². The van der Waals surface area contributed by atoms with E-state index in [9.17, 15) is 0 Å². The third kappa shape index (κ3) is 3.02. The lowest BCUT2D eigenvalue weighted by Gasteiger charge is -2.34. The Balaban J connectivity index is 1.45. The molecule has 110 valence electrons. The van der Waals surface area contributed by atoms with E-state index in [0.717, 1.165) is 43.0 Å². The summed E-state index contributed by atoms with van der Waals surface area (Å²) in [7, 11) is 0. The average Bonchev–Trinajstić information content (AvgIpc) is 2.68. The molecular weight excluding hydrogens is 318 g/mol. The second kappa shape index (κ2) is 6.46. The Bertz CT molecular complexity index is 450. The molecule has 0 N–H and O–H groups in total. The summed E-state index contributed by atoms with van der Waals surface area (Å²) in [6.45, 7) is 5.84. The van der Waals surface area contributed by atoms with Crippen LogP contribution in [0.4, 0.5) is 0 Å². The monoisotopic (exact) mass is 339 g/mol. The van der Waals surface area contributed by atoms with Crippen molar-refractivity contribution in [2.45, 2.75) is 38.3 Å². The molecular formula is C16H22BrNO2. The van der Waals surface area contributed by atoms with Gasteiger partial charge in [0.25, 0.3) is 0 Å². The summed E-state index contributed by atoms with van der Waals surface area (Å²) in [5.41, 5.74) is 1.18. The molecule has 0 radical (unpaired) electrons. The van der Waals surface area contributed by atoms with Gasteiger partial charge in [0.05, 0.1) is 19.8 Å². The Morgan fingerprint density at radius 2 is 2.05 bits per heavy atom. The molecule has 0 spiro atoms. The van der Waals surface area contributed by atoms with Crippen molar-refractivity contribution in [2.75, 3.05) is 26.4 Å². The van der Waals surface area contributed by atoms with Gasteiger partial charge in [0.15, 0.2) is 0 Å². The smallest absolute Gasteiger partial charge is 0.123 e. The van der Waals surface area contributed by atoms with Crippen LogP contribution in [0.2, 0.25) is 0 Å². The van der Waals surface area contributed by atoms with Gasteiger partial charge in [-0.2, -0.15) is 0 Å². The molecule has 1 aromatic rings. The van der Waals surface area contributed by atoms with E-state index in [1.54, 1.807) is 0 Å². The van der Waals surface area contributed by atoms with Crippen molar-refractivity contribution in [1.29, 1.82) is 0 Å². The summed E-state index contributed by atoms with van der Waals surface area (Å²) >= 11 is 3.54. The number of ether oxygens (including phenoxy) is 2. The first-order chi connectivity index (χ1) is 9.75. The third-order valence-corrected chi connectivity index (χ3v) is 5.29. The molecule has 2 bridgehead atoms. The predicted molar refractivity (Wildman–Crippen MR) is 83.3 cm³/mol. The molecule has 3 nitrogen and oxygen atoms in total. The first kappa shape index (κ1) is 14.4. The largest absolute Gasteiger partial charge is 0.493 e. The van der Waals surface area contributed by atoms with Crippen LogP contribution in [-0.2, 0) is 4.74 Å². The van der Waals surface area contributed by atoms with E-state index in [1.807, 2.05) is 18.2 Å². The maximum Gasteiger partial charge on any atom is 0.123 e. The zero-order valence-electron chi connectivity index (χ0n) is 12.0. The Labute approximate surface area is 129 Å². The second-order valence-corrected chi connectivity index (χ2v) is 6.58. The summed E-state index contributed by atoms with van der Waals surface area (Å²) in [4.78, 5) is 2.63. The first-order valence-electron chi connectivity index (χ1n) is 7.47. The number of fused-ring (bicyclic) bond motifs is 2. The van der Waals surface area contributed by atoms with Crippen molar-refractivity contribution >= 4 is 15.9 Å². The highest BCUT2D eigenvalue weighted by atomic mass is 79.9. The minimum absolute atomic E-state index is 0.654. The summed E-state index contributed by atoms with van der Waals surface area (Å²) in [6, 6.07) is 7.42. The van der Waals surface area contributed by atoms with E-state index in [-0.39, 0.29) is 0 Å². The lowest BCUT2D eigenvalue weighted by molar-refractivity contribution is -0.0160. The van der Waals surface area contributed by atoms with E-state index in [4.69, 9.17) is 9.47 Å². The number of hydrogen-bond acceptors (Lipinski definition) is 3. The van der Waals surface area contributed by atoms with E-state index in [0.29, 0.717) is 12.1 Å². The van der Waals surface area contributed by atoms with Crippen molar-refractivity contribution in [3.8, 4) is 5.75 Å². The predicted octanol–water partition coefficient (Wildman–Crippen LogP) is 3.39. The van der Waals surface area contributed by atoms with E-state index in [1.165, 1.54) is 18.4 Å². The normalized spacial score (nSPS) is 25.9. The van der Waals surface area contributed by atoms with E-state index >= 15 is 0 Å². The van der Waals surface area contributed by atoms with Crippen LogP contribution in [0.5, 0.6) is 5.75 Å². The minimum Gasteiger partial charge on any atom is -0.493 e. The molecule has 1 aromatic carbocycles. The molecule has 2 saturated heterocycles. The van der Waals surface area contributed by atoms with Crippen molar-refractivity contribution < 1.29 is 9.47 Å². The fourth-order valence-electron chi connectivity index (χ4n) is 3.25. The quantitative estimate of drug-likeness (QED) is 0.767. The van der Waals surface area contributed by atoms with E-state index in [2.05, 4.69) is 27.8 Å². The maximum atomic E-state index is 5.91. The van der Waals surface area contributed by atoms with Gasteiger partial charge in [-0.1, -0.05) is 22.0 Å². The summed E-state index contributed by atoms with van der Waals surface area (Å²) in [6.07, 6.45) is 3.69. The number of hydrogen-bond donors (Lipinski definition) is 0. The van der Waals surface area contributed by atoms with Gasteiger partial charge in [0, 0.05) is 28.7 Å². The molecule has 4 heteroatoms. The van der Waals surface area contributed by atoms with Crippen LogP contribution in [0.3, 0.4) is 0 Å². The van der Waals surface area contributed by atoms with Crippen molar-refractivity contribution in [3.63, 3.8) is 0 Å². The molecule has 0 aliphatic carbocycles. The van der Waals surface area contributed by atoms with Crippen LogP contribution in [0.15, 0.2) is 22.7 Å². The number of benzene rings is 1. The van der Waals surface area contributed by atoms with Gasteiger partial charge in [-0.25, -0.2) is 0 Å². The van der Waals surface area contributed by atoms with E-state index < -0.39 is 0 Å². The highest BCUT2D eigenvalue weighted by molar-refractivity contribution is 9.10. The summed E-state index contributed by atoms with van der Waals surface area (Å²) in [5, 5.41) is 0. The van der Waals surface area contributed by atoms with Crippen LogP contribution in [0, 0.1) is 6.92 Å². The highest BCUT2D eigenvalue weighted by Gasteiger charge is 2.36. The molecule has 20 heavy (non-hydrogen) atoms. The zero-order chi connectivity index (χ0) is 13.9. The van der Waals surface area contributed by atoms with Crippen molar-refractivity contribution in [1.82, 2.24) is 4.90 Å². The van der Waals surface area contributed by atoms with Gasteiger partial charge < -0.3 is 9.47 Å². The van der Waals surface area contributed by atoms with Crippen LogP contribution in [-0.4, -0.2) is 43.3 Å². The molecule has 0 amide bonds. The fourth-order valence-corrected chi connectivity index (χ4v) is 3.60. The molecule has 0 unspecified atom stereocenters. The lowest BCUT2D eigenvalue weighted by Crippen LogP contribution is -2.46. The first-order valence-corrected chi connectivity index (χ1v) is 8.26. The van der Waals surface area contributed by atoms with Crippen LogP contribution in [0.25, 0.3) is 0 Å². The topological polar surface area (TPSA) is 21.7 Å². The number of rotatable bonds is 5. The number of nitrogens with zero attached hydrogens (tertiary/aromatic N) is 1. The van der Waals surface area contributed by atoms with Crippen LogP contribution in [0.1, 0.15) is 24.8 Å². The Morgan fingerprint density at radius 3 is 2.80 bits per heavy atom. The third-order valence-electron chi connectivity index (χ3n) is 4.43. The highest BCUT2D eigenvalue weighted by Crippen LogP contribution is 2.29. The standard InChI is InChI=1S/C16H22BrNO2/c1-12-15(17)4-2-5-16(12)20-9-3-8-18-13-6-7-14(18)11-19-10-13/h2,4-5,13-14H,3,6-11H2,1H3/t13-,14+. The minimum atomic E-state index is 0.654. The fraction of sp³-hybridized carbons (Fsp3) is 0.625. The SMILES string of the molecule is Cc1c(Br)cccc1OCCCN1[C@@H]2CC[C@H]1COC2. The van der Waals surface area contributed by atoms with Crippen LogP contribution < -0.4 is 4.74 Å². The molecule has 0 saturated carbocycles. The van der Waals surface area contributed by atoms with Gasteiger partial charge in [-0.15, -0.1) is 0 Å².